The zero-order chi connectivity index (χ0) is 9.84. The molecule has 0 aromatic rings. The van der Waals surface area contributed by atoms with Gasteiger partial charge in [0.05, 0.1) is 5.71 Å². The number of aliphatic imine (C=N–C) groups is 1. The Morgan fingerprint density at radius 2 is 2.54 bits per heavy atom. The highest BCUT2D eigenvalue weighted by Gasteiger charge is 2.16. The first-order valence-electron chi connectivity index (χ1n) is 3.63. The third-order valence-electron chi connectivity index (χ3n) is 1.49. The molecule has 1 heterocycles. The van der Waals surface area contributed by atoms with Crippen LogP contribution in [0, 0.1) is 0 Å². The lowest BCUT2D eigenvalue weighted by Crippen LogP contribution is -2.33. The van der Waals surface area contributed by atoms with E-state index in [0.29, 0.717) is 11.4 Å². The number of carbonyl (C=O) groups excluding carboxylic acids is 1. The van der Waals surface area contributed by atoms with Gasteiger partial charge in [-0.3, -0.25) is 4.99 Å². The Morgan fingerprint density at radius 1 is 1.85 bits per heavy atom. The maximum Gasteiger partial charge on any atom is 0.332 e. The third-order valence-corrected chi connectivity index (χ3v) is 1.49. The molecule has 6 nitrogen and oxygen atoms in total. The molecule has 1 aliphatic heterocycles. The van der Waals surface area contributed by atoms with Gasteiger partial charge in [-0.05, 0) is 13.0 Å². The lowest BCUT2D eigenvalue weighted by atomic mass is 10.1. The van der Waals surface area contributed by atoms with Crippen LogP contribution in [0.25, 0.3) is 0 Å². The highest BCUT2D eigenvalue weighted by Crippen LogP contribution is 2.01. The lowest BCUT2D eigenvalue weighted by molar-refractivity contribution is 0.249. The van der Waals surface area contributed by atoms with Gasteiger partial charge in [0, 0.05) is 11.9 Å². The summed E-state index contributed by atoms with van der Waals surface area (Å²) in [5.41, 5.74) is 7.66. The molecule has 6 heteroatoms. The molecular formula is C7H10N4O2. The van der Waals surface area contributed by atoms with E-state index >= 15 is 0 Å². The van der Waals surface area contributed by atoms with Gasteiger partial charge in [-0.25, -0.2) is 10.2 Å². The zero-order valence-corrected chi connectivity index (χ0v) is 7.06. The maximum absolute atomic E-state index is 10.3. The van der Waals surface area contributed by atoms with Crippen molar-refractivity contribution in [3.63, 3.8) is 0 Å². The molecular weight excluding hydrogens is 172 g/mol. The van der Waals surface area contributed by atoms with Gasteiger partial charge >= 0.3 is 6.03 Å². The van der Waals surface area contributed by atoms with E-state index in [2.05, 4.69) is 10.1 Å². The molecule has 0 aromatic carbocycles. The van der Waals surface area contributed by atoms with Gasteiger partial charge in [0.1, 0.15) is 6.10 Å². The third kappa shape index (κ3) is 2.38. The van der Waals surface area contributed by atoms with Crippen molar-refractivity contribution < 1.29 is 9.90 Å². The summed E-state index contributed by atoms with van der Waals surface area (Å²) in [5.74, 6) is 0. The highest BCUT2D eigenvalue weighted by atomic mass is 16.3. The van der Waals surface area contributed by atoms with Crippen LogP contribution in [0.15, 0.2) is 22.4 Å². The lowest BCUT2D eigenvalue weighted by Gasteiger charge is -2.12. The second-order valence-electron chi connectivity index (χ2n) is 2.50. The molecule has 0 spiro atoms. The summed E-state index contributed by atoms with van der Waals surface area (Å²) in [6.45, 7) is 1.66. The quantitative estimate of drug-likeness (QED) is 0.470. The fourth-order valence-electron chi connectivity index (χ4n) is 0.825. The van der Waals surface area contributed by atoms with Gasteiger partial charge in [-0.1, -0.05) is 0 Å². The van der Waals surface area contributed by atoms with Crippen LogP contribution < -0.4 is 11.2 Å². The number of hydrogen-bond acceptors (Lipinski definition) is 4. The number of urea groups is 1. The molecule has 70 valence electrons. The number of nitrogens with zero attached hydrogens (tertiary/aromatic N) is 2. The highest BCUT2D eigenvalue weighted by molar-refractivity contribution is 6.15. The molecule has 0 aromatic heterocycles. The Hall–Kier alpha value is -1.69. The van der Waals surface area contributed by atoms with Crippen LogP contribution in [0.2, 0.25) is 0 Å². The molecule has 0 radical (unpaired) electrons. The number of rotatable bonds is 1. The van der Waals surface area contributed by atoms with Crippen LogP contribution in [0.3, 0.4) is 0 Å². The van der Waals surface area contributed by atoms with E-state index in [4.69, 9.17) is 5.73 Å². The summed E-state index contributed by atoms with van der Waals surface area (Å²) >= 11 is 0. The molecule has 0 bridgehead atoms. The molecule has 1 aliphatic rings. The Labute approximate surface area is 74.8 Å². The van der Waals surface area contributed by atoms with Crippen molar-refractivity contribution in [1.82, 2.24) is 5.43 Å². The fourth-order valence-corrected chi connectivity index (χ4v) is 0.825. The molecule has 1 atom stereocenters. The van der Waals surface area contributed by atoms with Crippen molar-refractivity contribution in [2.24, 2.45) is 15.8 Å². The van der Waals surface area contributed by atoms with Crippen LogP contribution in [0.5, 0.6) is 0 Å². The van der Waals surface area contributed by atoms with Gasteiger partial charge in [0.15, 0.2) is 0 Å². The second-order valence-corrected chi connectivity index (χ2v) is 2.50. The Bertz CT molecular complexity index is 306. The number of aliphatic hydroxyl groups is 1. The van der Waals surface area contributed by atoms with Crippen molar-refractivity contribution in [2.45, 2.75) is 13.0 Å². The minimum absolute atomic E-state index is 0.311. The summed E-state index contributed by atoms with van der Waals surface area (Å²) in [6.07, 6.45) is 2.11. The first kappa shape index (κ1) is 9.40. The summed E-state index contributed by atoms with van der Waals surface area (Å²) in [4.78, 5) is 14.1. The van der Waals surface area contributed by atoms with E-state index in [-0.39, 0.29) is 0 Å². The summed E-state index contributed by atoms with van der Waals surface area (Å²) < 4.78 is 0. The maximum atomic E-state index is 10.3. The molecule has 13 heavy (non-hydrogen) atoms. The minimum atomic E-state index is -0.878. The molecule has 0 saturated carbocycles. The van der Waals surface area contributed by atoms with Crippen molar-refractivity contribution in [3.05, 3.63) is 12.3 Å². The average molecular weight is 182 g/mol. The van der Waals surface area contributed by atoms with E-state index in [9.17, 15) is 9.90 Å². The van der Waals surface area contributed by atoms with Crippen LogP contribution in [-0.4, -0.2) is 28.7 Å². The smallest absolute Gasteiger partial charge is 0.332 e. The second kappa shape index (κ2) is 3.81. The van der Waals surface area contributed by atoms with Crippen LogP contribution >= 0.6 is 0 Å². The number of aliphatic hydroxyl groups excluding tert-OH is 1. The van der Waals surface area contributed by atoms with Crippen molar-refractivity contribution >= 4 is 17.5 Å². The van der Waals surface area contributed by atoms with E-state index in [1.54, 1.807) is 6.92 Å². The fraction of sp³-hybridized carbons (Fsp3) is 0.286. The van der Waals surface area contributed by atoms with Gasteiger partial charge in [-0.2, -0.15) is 5.10 Å². The summed E-state index contributed by atoms with van der Waals surface area (Å²) in [7, 11) is 0. The number of primary amides is 1. The number of nitrogens with one attached hydrogen (secondary N) is 1. The molecule has 4 N–H and O–H groups in total. The Kier molecular flexibility index (Phi) is 2.76. The molecule has 1 rings (SSSR count). The standard InChI is InChI=1S/C7H10N4O2/c1-4-6(12)5(2-3-9-4)10-11-7(8)13/h2-3,6,12H,1H3,(H3,8,11,13). The van der Waals surface area contributed by atoms with Crippen LogP contribution in [-0.2, 0) is 0 Å². The van der Waals surface area contributed by atoms with E-state index in [1.165, 1.54) is 12.3 Å². The number of hydrazone groups is 1. The summed E-state index contributed by atoms with van der Waals surface area (Å²) in [6, 6.07) is -0.770. The van der Waals surface area contributed by atoms with Gasteiger partial charge in [-0.15, -0.1) is 0 Å². The predicted octanol–water partition coefficient (Wildman–Crippen LogP) is -0.640. The summed E-state index contributed by atoms with van der Waals surface area (Å²) in [5, 5.41) is 13.0. The van der Waals surface area contributed by atoms with Gasteiger partial charge in [0.2, 0.25) is 0 Å². The normalized spacial score (nSPS) is 24.3. The number of hydrogen-bond donors (Lipinski definition) is 3. The van der Waals surface area contributed by atoms with Crippen LogP contribution in [0.4, 0.5) is 4.79 Å². The Morgan fingerprint density at radius 3 is 3.15 bits per heavy atom. The first-order chi connectivity index (χ1) is 6.11. The molecule has 0 aliphatic carbocycles. The topological polar surface area (TPSA) is 100 Å². The van der Waals surface area contributed by atoms with Gasteiger partial charge < -0.3 is 10.8 Å². The first-order valence-corrected chi connectivity index (χ1v) is 3.63. The zero-order valence-electron chi connectivity index (χ0n) is 7.06. The van der Waals surface area contributed by atoms with Crippen molar-refractivity contribution in [3.8, 4) is 0 Å². The number of carbonyl (C=O) groups is 1. The molecule has 1 unspecified atom stereocenters. The predicted molar refractivity (Wildman–Crippen MR) is 48.4 cm³/mol. The average Bonchev–Trinajstić information content (AvgIpc) is 2.07. The van der Waals surface area contributed by atoms with E-state index in [0.717, 1.165) is 0 Å². The van der Waals surface area contributed by atoms with E-state index in [1.807, 2.05) is 5.43 Å². The Balaban J connectivity index is 2.72. The molecule has 0 saturated heterocycles. The van der Waals surface area contributed by atoms with E-state index < -0.39 is 12.1 Å². The molecule has 2 amide bonds. The number of amides is 2. The molecule has 0 fully saturated rings. The van der Waals surface area contributed by atoms with Gasteiger partial charge in [0.25, 0.3) is 0 Å². The number of nitrogens with two attached hydrogens (primary N) is 1. The largest absolute Gasteiger partial charge is 0.381 e. The SMILES string of the molecule is CC1=NC=CC(=NNC(N)=O)C1O. The van der Waals surface area contributed by atoms with Crippen molar-refractivity contribution in [2.75, 3.05) is 0 Å². The van der Waals surface area contributed by atoms with Crippen LogP contribution in [0.1, 0.15) is 6.92 Å². The van der Waals surface area contributed by atoms with Crippen molar-refractivity contribution in [1.29, 1.82) is 0 Å². The monoisotopic (exact) mass is 182 g/mol. The minimum Gasteiger partial charge on any atom is -0.381 e.